The molecule has 8 heteroatoms. The number of ether oxygens (including phenoxy) is 2. The SMILES string of the molecule is CC1(C)CC(OC(=O)CN(CC(=O)OC2CC(C)(C)NC(C)(C)C2)C(=O)CCC2CCCCC2)CC(C)(C)N1. The first kappa shape index (κ1) is 31.9. The first-order valence-corrected chi connectivity index (χ1v) is 15.2. The van der Waals surface area contributed by atoms with Crippen LogP contribution in [0.5, 0.6) is 0 Å². The van der Waals surface area contributed by atoms with Crippen LogP contribution in [0.4, 0.5) is 0 Å². The fourth-order valence-corrected chi connectivity index (χ4v) is 7.58. The lowest BCUT2D eigenvalue weighted by Crippen LogP contribution is -2.60. The topological polar surface area (TPSA) is 97.0 Å². The Balaban J connectivity index is 1.63. The average Bonchev–Trinajstić information content (AvgIpc) is 2.73. The first-order chi connectivity index (χ1) is 17.9. The molecule has 2 saturated heterocycles. The van der Waals surface area contributed by atoms with Crippen molar-refractivity contribution in [2.45, 2.75) is 160 Å². The Morgan fingerprint density at radius 2 is 1.05 bits per heavy atom. The molecule has 39 heavy (non-hydrogen) atoms. The molecule has 8 nitrogen and oxygen atoms in total. The Hall–Kier alpha value is -1.67. The number of carbonyl (C=O) groups is 3. The Morgan fingerprint density at radius 1 is 0.667 bits per heavy atom. The summed E-state index contributed by atoms with van der Waals surface area (Å²) in [5.74, 6) is -0.554. The maximum atomic E-state index is 13.3. The van der Waals surface area contributed by atoms with Gasteiger partial charge in [-0.3, -0.25) is 14.4 Å². The van der Waals surface area contributed by atoms with E-state index in [1.165, 1.54) is 24.2 Å². The lowest BCUT2D eigenvalue weighted by Gasteiger charge is -2.46. The van der Waals surface area contributed by atoms with Gasteiger partial charge >= 0.3 is 11.9 Å². The molecule has 0 atom stereocenters. The molecule has 3 fully saturated rings. The summed E-state index contributed by atoms with van der Waals surface area (Å²) < 4.78 is 11.8. The van der Waals surface area contributed by atoms with Gasteiger partial charge in [0.05, 0.1) is 0 Å². The third kappa shape index (κ3) is 10.7. The highest BCUT2D eigenvalue weighted by Gasteiger charge is 2.41. The van der Waals surface area contributed by atoms with Gasteiger partial charge in [0.2, 0.25) is 5.91 Å². The highest BCUT2D eigenvalue weighted by atomic mass is 16.6. The minimum atomic E-state index is -0.462. The Labute approximate surface area is 236 Å². The summed E-state index contributed by atoms with van der Waals surface area (Å²) in [5.41, 5.74) is -0.657. The molecule has 0 unspecified atom stereocenters. The molecule has 2 heterocycles. The van der Waals surface area contributed by atoms with Gasteiger partial charge < -0.3 is 25.0 Å². The summed E-state index contributed by atoms with van der Waals surface area (Å²) in [4.78, 5) is 40.9. The van der Waals surface area contributed by atoms with Crippen molar-refractivity contribution in [3.63, 3.8) is 0 Å². The molecule has 0 aromatic carbocycles. The second kappa shape index (κ2) is 12.5. The quantitative estimate of drug-likeness (QED) is 0.396. The van der Waals surface area contributed by atoms with Crippen LogP contribution in [0.1, 0.15) is 126 Å². The molecule has 1 saturated carbocycles. The normalized spacial score (nSPS) is 25.0. The number of hydrogen-bond acceptors (Lipinski definition) is 7. The highest BCUT2D eigenvalue weighted by molar-refractivity contribution is 5.86. The highest BCUT2D eigenvalue weighted by Crippen LogP contribution is 2.32. The van der Waals surface area contributed by atoms with Crippen LogP contribution in [-0.4, -0.2) is 70.2 Å². The summed E-state index contributed by atoms with van der Waals surface area (Å²) in [6.45, 7) is 16.4. The van der Waals surface area contributed by atoms with Crippen molar-refractivity contribution in [3.8, 4) is 0 Å². The van der Waals surface area contributed by atoms with Crippen molar-refractivity contribution in [2.24, 2.45) is 5.92 Å². The molecule has 0 bridgehead atoms. The molecule has 1 amide bonds. The molecule has 1 aliphatic carbocycles. The fourth-order valence-electron chi connectivity index (χ4n) is 7.58. The van der Waals surface area contributed by atoms with Crippen LogP contribution in [-0.2, 0) is 23.9 Å². The standard InChI is InChI=1S/C31H55N3O5/c1-28(2)16-23(17-29(3,4)32-28)38-26(36)20-34(25(35)15-14-22-12-10-9-11-13-22)21-27(37)39-24-18-30(5,6)33-31(7,8)19-24/h22-24,32-33H,9-21H2,1-8H3. The Morgan fingerprint density at radius 3 is 1.44 bits per heavy atom. The molecule has 3 aliphatic rings. The molecule has 0 aromatic rings. The van der Waals surface area contributed by atoms with Crippen LogP contribution < -0.4 is 10.6 Å². The predicted molar refractivity (Wildman–Crippen MR) is 153 cm³/mol. The largest absolute Gasteiger partial charge is 0.461 e. The number of nitrogens with one attached hydrogen (secondary N) is 2. The Bertz CT molecular complexity index is 789. The maximum Gasteiger partial charge on any atom is 0.325 e. The van der Waals surface area contributed by atoms with E-state index in [9.17, 15) is 14.4 Å². The van der Waals surface area contributed by atoms with E-state index in [1.54, 1.807) is 0 Å². The molecule has 0 radical (unpaired) electrons. The van der Waals surface area contributed by atoms with Crippen LogP contribution >= 0.6 is 0 Å². The monoisotopic (exact) mass is 549 g/mol. The summed E-state index contributed by atoms with van der Waals surface area (Å²) >= 11 is 0. The molecule has 224 valence electrons. The van der Waals surface area contributed by atoms with E-state index in [-0.39, 0.29) is 53.4 Å². The fraction of sp³-hybridized carbons (Fsp3) is 0.903. The zero-order valence-electron chi connectivity index (χ0n) is 25.9. The summed E-state index contributed by atoms with van der Waals surface area (Å²) in [6.07, 6.45) is 9.44. The minimum Gasteiger partial charge on any atom is -0.461 e. The third-order valence-electron chi connectivity index (χ3n) is 8.39. The van der Waals surface area contributed by atoms with E-state index < -0.39 is 11.9 Å². The van der Waals surface area contributed by atoms with E-state index in [4.69, 9.17) is 9.47 Å². The van der Waals surface area contributed by atoms with Gasteiger partial charge in [0.25, 0.3) is 0 Å². The van der Waals surface area contributed by atoms with Gasteiger partial charge in [-0.25, -0.2) is 0 Å². The van der Waals surface area contributed by atoms with Gasteiger partial charge in [-0.05, 0) is 67.7 Å². The minimum absolute atomic E-state index is 0.164. The number of piperidine rings is 2. The second-order valence-corrected chi connectivity index (χ2v) is 15.1. The van der Waals surface area contributed by atoms with Crippen molar-refractivity contribution < 1.29 is 23.9 Å². The van der Waals surface area contributed by atoms with E-state index in [2.05, 4.69) is 66.0 Å². The summed E-state index contributed by atoms with van der Waals surface area (Å²) in [6, 6.07) is 0. The number of rotatable bonds is 9. The van der Waals surface area contributed by atoms with E-state index >= 15 is 0 Å². The predicted octanol–water partition coefficient (Wildman–Crippen LogP) is 4.88. The smallest absolute Gasteiger partial charge is 0.325 e. The molecular formula is C31H55N3O5. The van der Waals surface area contributed by atoms with Gasteiger partial charge in [-0.2, -0.15) is 0 Å². The molecule has 0 spiro atoms. The molecule has 0 aromatic heterocycles. The van der Waals surface area contributed by atoms with Crippen molar-refractivity contribution in [1.29, 1.82) is 0 Å². The second-order valence-electron chi connectivity index (χ2n) is 15.1. The van der Waals surface area contributed by atoms with Gasteiger partial charge in [0.1, 0.15) is 25.3 Å². The van der Waals surface area contributed by atoms with Gasteiger partial charge in [-0.1, -0.05) is 32.1 Å². The molecule has 2 N–H and O–H groups in total. The summed E-state index contributed by atoms with van der Waals surface area (Å²) in [7, 11) is 0. The number of amides is 1. The van der Waals surface area contributed by atoms with Gasteiger partial charge in [-0.15, -0.1) is 0 Å². The van der Waals surface area contributed by atoms with Crippen LogP contribution in [0.15, 0.2) is 0 Å². The number of nitrogens with zero attached hydrogens (tertiary/aromatic N) is 1. The van der Waals surface area contributed by atoms with Gasteiger partial charge in [0, 0.05) is 54.3 Å². The van der Waals surface area contributed by atoms with Crippen molar-refractivity contribution in [1.82, 2.24) is 15.5 Å². The lowest BCUT2D eigenvalue weighted by molar-refractivity contribution is -0.162. The van der Waals surface area contributed by atoms with E-state index in [1.807, 2.05) is 0 Å². The first-order valence-electron chi connectivity index (χ1n) is 15.2. The van der Waals surface area contributed by atoms with Gasteiger partial charge in [0.15, 0.2) is 0 Å². The maximum absolute atomic E-state index is 13.3. The Kier molecular flexibility index (Phi) is 10.2. The zero-order valence-corrected chi connectivity index (χ0v) is 25.9. The lowest BCUT2D eigenvalue weighted by atomic mass is 9.81. The van der Waals surface area contributed by atoms with Crippen molar-refractivity contribution >= 4 is 17.8 Å². The van der Waals surface area contributed by atoms with E-state index in [0.29, 0.717) is 38.0 Å². The molecule has 2 aliphatic heterocycles. The third-order valence-corrected chi connectivity index (χ3v) is 8.39. The number of carbonyl (C=O) groups excluding carboxylic acids is 3. The number of hydrogen-bond donors (Lipinski definition) is 2. The van der Waals surface area contributed by atoms with Crippen LogP contribution in [0, 0.1) is 5.92 Å². The molecular weight excluding hydrogens is 494 g/mol. The van der Waals surface area contributed by atoms with Crippen LogP contribution in [0.3, 0.4) is 0 Å². The average molecular weight is 550 g/mol. The van der Waals surface area contributed by atoms with E-state index in [0.717, 1.165) is 19.3 Å². The number of esters is 2. The van der Waals surface area contributed by atoms with Crippen LogP contribution in [0.25, 0.3) is 0 Å². The van der Waals surface area contributed by atoms with Crippen LogP contribution in [0.2, 0.25) is 0 Å². The van der Waals surface area contributed by atoms with Crippen molar-refractivity contribution in [3.05, 3.63) is 0 Å². The molecule has 3 rings (SSSR count). The summed E-state index contributed by atoms with van der Waals surface area (Å²) in [5, 5.41) is 7.19. The van der Waals surface area contributed by atoms with Crippen molar-refractivity contribution in [2.75, 3.05) is 13.1 Å². The zero-order chi connectivity index (χ0) is 29.1.